The number of anilines is 1. The fourth-order valence-electron chi connectivity index (χ4n) is 3.09. The van der Waals surface area contributed by atoms with Gasteiger partial charge in [-0.15, -0.1) is 0 Å². The lowest BCUT2D eigenvalue weighted by Gasteiger charge is -2.35. The molecule has 1 aromatic heterocycles. The molecule has 0 unspecified atom stereocenters. The number of aromatic nitrogens is 2. The second-order valence-corrected chi connectivity index (χ2v) is 6.30. The van der Waals surface area contributed by atoms with Crippen molar-refractivity contribution in [3.05, 3.63) is 42.2 Å². The highest BCUT2D eigenvalue weighted by Crippen LogP contribution is 2.29. The van der Waals surface area contributed by atoms with Crippen LogP contribution in [-0.4, -0.2) is 61.3 Å². The first kappa shape index (κ1) is 18.8. The minimum Gasteiger partial charge on any atom is -0.497 e. The summed E-state index contributed by atoms with van der Waals surface area (Å²) in [6.45, 7) is 4.60. The maximum atomic E-state index is 12.6. The van der Waals surface area contributed by atoms with Gasteiger partial charge in [0.05, 0.1) is 20.3 Å². The van der Waals surface area contributed by atoms with E-state index in [-0.39, 0.29) is 12.1 Å². The first-order chi connectivity index (χ1) is 13.1. The van der Waals surface area contributed by atoms with Crippen LogP contribution in [0, 0.1) is 0 Å². The van der Waals surface area contributed by atoms with Gasteiger partial charge >= 0.3 is 6.03 Å². The summed E-state index contributed by atoms with van der Waals surface area (Å²) in [5, 5.41) is 3.05. The van der Waals surface area contributed by atoms with Gasteiger partial charge in [-0.2, -0.15) is 0 Å². The molecule has 144 valence electrons. The summed E-state index contributed by atoms with van der Waals surface area (Å²) < 4.78 is 10.7. The van der Waals surface area contributed by atoms with Gasteiger partial charge in [0.2, 0.25) is 5.95 Å². The quantitative estimate of drug-likeness (QED) is 0.867. The zero-order valence-corrected chi connectivity index (χ0v) is 15.9. The average molecular weight is 371 g/mol. The molecule has 1 saturated heterocycles. The molecule has 0 saturated carbocycles. The zero-order valence-electron chi connectivity index (χ0n) is 15.9. The second kappa shape index (κ2) is 8.57. The largest absolute Gasteiger partial charge is 0.497 e. The third kappa shape index (κ3) is 4.39. The Kier molecular flexibility index (Phi) is 5.95. The Hall–Kier alpha value is -3.03. The zero-order chi connectivity index (χ0) is 19.2. The van der Waals surface area contributed by atoms with Gasteiger partial charge in [0, 0.05) is 50.2 Å². The summed E-state index contributed by atoms with van der Waals surface area (Å²) in [5.74, 6) is 2.11. The summed E-state index contributed by atoms with van der Waals surface area (Å²) >= 11 is 0. The van der Waals surface area contributed by atoms with Gasteiger partial charge in [-0.25, -0.2) is 14.8 Å². The number of nitrogens with zero attached hydrogens (tertiary/aromatic N) is 4. The molecular formula is C19H25N5O3. The van der Waals surface area contributed by atoms with E-state index in [0.717, 1.165) is 5.56 Å². The minimum atomic E-state index is -0.186. The summed E-state index contributed by atoms with van der Waals surface area (Å²) in [6.07, 6.45) is 3.46. The normalized spacial score (nSPS) is 15.2. The predicted molar refractivity (Wildman–Crippen MR) is 102 cm³/mol. The number of urea groups is 1. The monoisotopic (exact) mass is 371 g/mol. The maximum Gasteiger partial charge on any atom is 0.317 e. The van der Waals surface area contributed by atoms with Crippen LogP contribution in [0.3, 0.4) is 0 Å². The van der Waals surface area contributed by atoms with E-state index >= 15 is 0 Å². The molecule has 1 fully saturated rings. The van der Waals surface area contributed by atoms with Gasteiger partial charge in [-0.05, 0) is 25.1 Å². The first-order valence-corrected chi connectivity index (χ1v) is 8.91. The maximum absolute atomic E-state index is 12.6. The van der Waals surface area contributed by atoms with Crippen LogP contribution in [0.1, 0.15) is 18.5 Å². The van der Waals surface area contributed by atoms with Gasteiger partial charge in [-0.3, -0.25) is 0 Å². The molecule has 0 radical (unpaired) electrons. The number of methoxy groups -OCH3 is 2. The van der Waals surface area contributed by atoms with Crippen molar-refractivity contribution in [2.24, 2.45) is 0 Å². The summed E-state index contributed by atoms with van der Waals surface area (Å²) in [4.78, 5) is 25.1. The lowest BCUT2D eigenvalue weighted by atomic mass is 10.1. The summed E-state index contributed by atoms with van der Waals surface area (Å²) in [7, 11) is 3.22. The van der Waals surface area contributed by atoms with Crippen molar-refractivity contribution in [1.29, 1.82) is 0 Å². The fourth-order valence-corrected chi connectivity index (χ4v) is 3.09. The van der Waals surface area contributed by atoms with E-state index in [9.17, 15) is 4.79 Å². The third-order valence-corrected chi connectivity index (χ3v) is 4.65. The van der Waals surface area contributed by atoms with Crippen molar-refractivity contribution in [3.63, 3.8) is 0 Å². The molecule has 0 bridgehead atoms. The highest BCUT2D eigenvalue weighted by atomic mass is 16.5. The lowest BCUT2D eigenvalue weighted by molar-refractivity contribution is 0.190. The average Bonchev–Trinajstić information content (AvgIpc) is 2.73. The molecule has 0 spiro atoms. The topological polar surface area (TPSA) is 79.8 Å². The molecule has 27 heavy (non-hydrogen) atoms. The summed E-state index contributed by atoms with van der Waals surface area (Å²) in [6, 6.07) is 7.10. The number of rotatable bonds is 5. The van der Waals surface area contributed by atoms with Gasteiger partial charge in [-0.1, -0.05) is 0 Å². The SMILES string of the molecule is COc1ccc([C@H](C)NC(=O)N2CCN(c3ncccn3)CC2)c(OC)c1. The van der Waals surface area contributed by atoms with Crippen LogP contribution in [0.5, 0.6) is 11.5 Å². The number of benzene rings is 1. The molecule has 0 aliphatic carbocycles. The highest BCUT2D eigenvalue weighted by Gasteiger charge is 2.24. The van der Waals surface area contributed by atoms with Gasteiger partial charge < -0.3 is 24.6 Å². The Labute approximate surface area is 159 Å². The lowest BCUT2D eigenvalue weighted by Crippen LogP contribution is -2.52. The number of nitrogens with one attached hydrogen (secondary N) is 1. The number of hydrogen-bond donors (Lipinski definition) is 1. The molecule has 2 amide bonds. The van der Waals surface area contributed by atoms with Gasteiger partial charge in [0.1, 0.15) is 11.5 Å². The molecule has 2 heterocycles. The van der Waals surface area contributed by atoms with Crippen LogP contribution in [0.25, 0.3) is 0 Å². The van der Waals surface area contributed by atoms with E-state index in [1.165, 1.54) is 0 Å². The van der Waals surface area contributed by atoms with E-state index in [0.29, 0.717) is 43.6 Å². The van der Waals surface area contributed by atoms with E-state index in [2.05, 4.69) is 20.2 Å². The van der Waals surface area contributed by atoms with Gasteiger partial charge in [0.15, 0.2) is 0 Å². The van der Waals surface area contributed by atoms with Crippen molar-refractivity contribution >= 4 is 12.0 Å². The first-order valence-electron chi connectivity index (χ1n) is 8.91. The highest BCUT2D eigenvalue weighted by molar-refractivity contribution is 5.75. The summed E-state index contributed by atoms with van der Waals surface area (Å²) in [5.41, 5.74) is 0.906. The van der Waals surface area contributed by atoms with Crippen LogP contribution in [-0.2, 0) is 0 Å². The van der Waals surface area contributed by atoms with Crippen molar-refractivity contribution in [3.8, 4) is 11.5 Å². The Morgan fingerprint density at radius 3 is 2.44 bits per heavy atom. The van der Waals surface area contributed by atoms with Crippen LogP contribution in [0.4, 0.5) is 10.7 Å². The number of carbonyl (C=O) groups is 1. The molecule has 2 aromatic rings. The Morgan fingerprint density at radius 2 is 1.81 bits per heavy atom. The number of ether oxygens (including phenoxy) is 2. The standard InChI is InChI=1S/C19H25N5O3/c1-14(16-6-5-15(26-2)13-17(16)27-3)22-19(25)24-11-9-23(10-12-24)18-20-7-4-8-21-18/h4-8,13-14H,9-12H2,1-3H3,(H,22,25)/t14-/m0/s1. The van der Waals surface area contributed by atoms with Crippen molar-refractivity contribution in [1.82, 2.24) is 20.2 Å². The number of hydrogen-bond acceptors (Lipinski definition) is 6. The minimum absolute atomic E-state index is 0.0889. The van der Waals surface area contributed by atoms with Crippen LogP contribution >= 0.6 is 0 Å². The van der Waals surface area contributed by atoms with Crippen molar-refractivity contribution < 1.29 is 14.3 Å². The Morgan fingerprint density at radius 1 is 1.11 bits per heavy atom. The molecule has 8 heteroatoms. The molecular weight excluding hydrogens is 346 g/mol. The number of carbonyl (C=O) groups excluding carboxylic acids is 1. The van der Waals surface area contributed by atoms with E-state index < -0.39 is 0 Å². The van der Waals surface area contributed by atoms with E-state index in [1.807, 2.05) is 30.0 Å². The van der Waals surface area contributed by atoms with Crippen LogP contribution in [0.2, 0.25) is 0 Å². The van der Waals surface area contributed by atoms with E-state index in [4.69, 9.17) is 9.47 Å². The van der Waals surface area contributed by atoms with Crippen molar-refractivity contribution in [2.75, 3.05) is 45.3 Å². The molecule has 1 aromatic carbocycles. The molecule has 8 nitrogen and oxygen atoms in total. The molecule has 1 atom stereocenters. The van der Waals surface area contributed by atoms with Crippen LogP contribution in [0.15, 0.2) is 36.7 Å². The second-order valence-electron chi connectivity index (χ2n) is 6.30. The molecule has 1 N–H and O–H groups in total. The third-order valence-electron chi connectivity index (χ3n) is 4.65. The molecule has 1 aliphatic heterocycles. The Bertz CT molecular complexity index is 763. The molecule has 1 aliphatic rings. The number of amides is 2. The van der Waals surface area contributed by atoms with E-state index in [1.54, 1.807) is 32.7 Å². The van der Waals surface area contributed by atoms with Crippen molar-refractivity contribution in [2.45, 2.75) is 13.0 Å². The van der Waals surface area contributed by atoms with Crippen LogP contribution < -0.4 is 19.7 Å². The predicted octanol–water partition coefficient (Wildman–Crippen LogP) is 2.09. The smallest absolute Gasteiger partial charge is 0.317 e. The Balaban J connectivity index is 1.58. The molecule has 3 rings (SSSR count). The fraction of sp³-hybridized carbons (Fsp3) is 0.421. The van der Waals surface area contributed by atoms with Gasteiger partial charge in [0.25, 0.3) is 0 Å². The number of piperazine rings is 1.